The molecule has 1 aliphatic heterocycles. The van der Waals surface area contributed by atoms with Gasteiger partial charge in [0.15, 0.2) is 0 Å². The summed E-state index contributed by atoms with van der Waals surface area (Å²) in [6.07, 6.45) is 4.53. The summed E-state index contributed by atoms with van der Waals surface area (Å²) in [5.74, 6) is 0. The Balaban J connectivity index is 2.37. The molecule has 0 aromatic rings. The highest BCUT2D eigenvalue weighted by Crippen LogP contribution is 2.17. The van der Waals surface area contributed by atoms with E-state index in [-0.39, 0.29) is 6.04 Å². The molecule has 1 rings (SSSR count). The molecule has 0 saturated carbocycles. The third-order valence-corrected chi connectivity index (χ3v) is 2.59. The molecule has 0 amide bonds. The molecule has 2 nitrogen and oxygen atoms in total. The van der Waals surface area contributed by atoms with Crippen LogP contribution in [0.2, 0.25) is 0 Å². The number of hydrogen-bond donors (Lipinski definition) is 0. The van der Waals surface area contributed by atoms with Crippen LogP contribution in [0.25, 0.3) is 0 Å². The average molecular weight is 178 g/mol. The fourth-order valence-electron chi connectivity index (χ4n) is 1.74. The topological polar surface area (TPSA) is 27.0 Å². The standard InChI is InChI=1S/C11H18N2/c1-10(2)6-8-13-7-4-3-5-11(13)9-12/h11H,1,3-8H2,2H3. The van der Waals surface area contributed by atoms with Gasteiger partial charge in [-0.3, -0.25) is 4.90 Å². The summed E-state index contributed by atoms with van der Waals surface area (Å²) < 4.78 is 0. The SMILES string of the molecule is C=C(C)CCN1CCCCC1C#N. The lowest BCUT2D eigenvalue weighted by atomic mass is 10.0. The second-order valence-electron chi connectivity index (χ2n) is 3.88. The van der Waals surface area contributed by atoms with Gasteiger partial charge in [-0.1, -0.05) is 5.57 Å². The van der Waals surface area contributed by atoms with Gasteiger partial charge in [0.25, 0.3) is 0 Å². The molecule has 72 valence electrons. The van der Waals surface area contributed by atoms with Crippen LogP contribution in [-0.4, -0.2) is 24.0 Å². The van der Waals surface area contributed by atoms with Crippen LogP contribution >= 0.6 is 0 Å². The molecule has 1 fully saturated rings. The second-order valence-corrected chi connectivity index (χ2v) is 3.88. The third-order valence-electron chi connectivity index (χ3n) is 2.59. The summed E-state index contributed by atoms with van der Waals surface area (Å²) in [6, 6.07) is 2.53. The Morgan fingerprint density at radius 1 is 1.62 bits per heavy atom. The molecular weight excluding hydrogens is 160 g/mol. The smallest absolute Gasteiger partial charge is 0.0978 e. The van der Waals surface area contributed by atoms with Crippen LogP contribution in [0.4, 0.5) is 0 Å². The highest BCUT2D eigenvalue weighted by Gasteiger charge is 2.20. The summed E-state index contributed by atoms with van der Waals surface area (Å²) in [4.78, 5) is 2.29. The van der Waals surface area contributed by atoms with Gasteiger partial charge in [-0.15, -0.1) is 6.58 Å². The highest BCUT2D eigenvalue weighted by molar-refractivity contribution is 4.96. The Hall–Kier alpha value is -0.810. The Kier molecular flexibility index (Phi) is 3.98. The first-order valence-electron chi connectivity index (χ1n) is 5.02. The predicted molar refractivity (Wildman–Crippen MR) is 54.3 cm³/mol. The molecule has 0 bridgehead atoms. The number of nitriles is 1. The molecule has 0 aliphatic carbocycles. The summed E-state index contributed by atoms with van der Waals surface area (Å²) >= 11 is 0. The van der Waals surface area contributed by atoms with E-state index in [1.165, 1.54) is 18.4 Å². The monoisotopic (exact) mass is 178 g/mol. The van der Waals surface area contributed by atoms with Gasteiger partial charge in [0, 0.05) is 6.54 Å². The van der Waals surface area contributed by atoms with Crippen molar-refractivity contribution in [3.63, 3.8) is 0 Å². The summed E-state index contributed by atoms with van der Waals surface area (Å²) in [7, 11) is 0. The van der Waals surface area contributed by atoms with E-state index < -0.39 is 0 Å². The molecule has 13 heavy (non-hydrogen) atoms. The third kappa shape index (κ3) is 3.20. The molecule has 1 saturated heterocycles. The number of likely N-dealkylation sites (tertiary alicyclic amines) is 1. The van der Waals surface area contributed by atoms with Crippen LogP contribution in [0.3, 0.4) is 0 Å². The lowest BCUT2D eigenvalue weighted by Crippen LogP contribution is -2.39. The first kappa shape index (κ1) is 10.3. The molecule has 1 aliphatic rings. The molecule has 2 heteroatoms. The van der Waals surface area contributed by atoms with Crippen molar-refractivity contribution in [2.45, 2.75) is 38.6 Å². The Labute approximate surface area is 80.8 Å². The van der Waals surface area contributed by atoms with Crippen molar-refractivity contribution in [2.24, 2.45) is 0 Å². The van der Waals surface area contributed by atoms with Crippen molar-refractivity contribution in [1.29, 1.82) is 5.26 Å². The zero-order valence-electron chi connectivity index (χ0n) is 8.42. The Morgan fingerprint density at radius 3 is 3.00 bits per heavy atom. The fraction of sp³-hybridized carbons (Fsp3) is 0.727. The van der Waals surface area contributed by atoms with E-state index in [9.17, 15) is 0 Å². The minimum atomic E-state index is 0.160. The van der Waals surface area contributed by atoms with Crippen LogP contribution in [-0.2, 0) is 0 Å². The van der Waals surface area contributed by atoms with Crippen LogP contribution in [0.15, 0.2) is 12.2 Å². The van der Waals surface area contributed by atoms with Crippen molar-refractivity contribution in [3.8, 4) is 6.07 Å². The Morgan fingerprint density at radius 2 is 2.38 bits per heavy atom. The quantitative estimate of drug-likeness (QED) is 0.620. The van der Waals surface area contributed by atoms with Crippen LogP contribution in [0.5, 0.6) is 0 Å². The molecule has 0 N–H and O–H groups in total. The van der Waals surface area contributed by atoms with E-state index in [1.54, 1.807) is 0 Å². The predicted octanol–water partition coefficient (Wildman–Crippen LogP) is 2.33. The molecule has 1 unspecified atom stereocenters. The van der Waals surface area contributed by atoms with Crippen LogP contribution in [0, 0.1) is 11.3 Å². The van der Waals surface area contributed by atoms with Gasteiger partial charge >= 0.3 is 0 Å². The zero-order valence-corrected chi connectivity index (χ0v) is 8.42. The lowest BCUT2D eigenvalue weighted by Gasteiger charge is -2.31. The van der Waals surface area contributed by atoms with Gasteiger partial charge in [-0.05, 0) is 39.2 Å². The molecule has 0 spiro atoms. The minimum Gasteiger partial charge on any atom is -0.288 e. The van der Waals surface area contributed by atoms with Crippen molar-refractivity contribution in [3.05, 3.63) is 12.2 Å². The maximum absolute atomic E-state index is 8.91. The van der Waals surface area contributed by atoms with E-state index in [4.69, 9.17) is 5.26 Å². The van der Waals surface area contributed by atoms with Crippen molar-refractivity contribution in [1.82, 2.24) is 4.90 Å². The average Bonchev–Trinajstić information content (AvgIpc) is 2.15. The first-order chi connectivity index (χ1) is 6.24. The van der Waals surface area contributed by atoms with E-state index in [0.717, 1.165) is 25.9 Å². The number of nitrogens with zero attached hydrogens (tertiary/aromatic N) is 2. The van der Waals surface area contributed by atoms with Crippen LogP contribution in [0.1, 0.15) is 32.6 Å². The fourth-order valence-corrected chi connectivity index (χ4v) is 1.74. The largest absolute Gasteiger partial charge is 0.288 e. The number of piperidine rings is 1. The highest BCUT2D eigenvalue weighted by atomic mass is 15.2. The van der Waals surface area contributed by atoms with Crippen LogP contribution < -0.4 is 0 Å². The van der Waals surface area contributed by atoms with Gasteiger partial charge < -0.3 is 0 Å². The minimum absolute atomic E-state index is 0.160. The lowest BCUT2D eigenvalue weighted by molar-refractivity contribution is 0.187. The maximum atomic E-state index is 8.91. The summed E-state index contributed by atoms with van der Waals surface area (Å²) in [5, 5.41) is 8.91. The molecule has 0 aromatic heterocycles. The van der Waals surface area contributed by atoms with Gasteiger partial charge in [0.05, 0.1) is 12.1 Å². The zero-order chi connectivity index (χ0) is 9.68. The molecule has 0 aromatic carbocycles. The van der Waals surface area contributed by atoms with Gasteiger partial charge in [0.1, 0.15) is 0 Å². The van der Waals surface area contributed by atoms with Gasteiger partial charge in [-0.25, -0.2) is 0 Å². The van der Waals surface area contributed by atoms with E-state index in [0.29, 0.717) is 0 Å². The number of rotatable bonds is 3. The maximum Gasteiger partial charge on any atom is 0.0978 e. The van der Waals surface area contributed by atoms with Crippen molar-refractivity contribution in [2.75, 3.05) is 13.1 Å². The van der Waals surface area contributed by atoms with E-state index in [1.807, 2.05) is 6.92 Å². The summed E-state index contributed by atoms with van der Waals surface area (Å²) in [5.41, 5.74) is 1.21. The number of hydrogen-bond acceptors (Lipinski definition) is 2. The second kappa shape index (κ2) is 5.04. The molecule has 0 radical (unpaired) electrons. The Bertz CT molecular complexity index is 215. The summed E-state index contributed by atoms with van der Waals surface area (Å²) in [6.45, 7) is 8.02. The molecular formula is C11H18N2. The van der Waals surface area contributed by atoms with Gasteiger partial charge in [-0.2, -0.15) is 5.26 Å². The van der Waals surface area contributed by atoms with E-state index in [2.05, 4.69) is 17.5 Å². The van der Waals surface area contributed by atoms with Gasteiger partial charge in [0.2, 0.25) is 0 Å². The van der Waals surface area contributed by atoms with Crippen molar-refractivity contribution >= 4 is 0 Å². The molecule has 1 heterocycles. The van der Waals surface area contributed by atoms with E-state index >= 15 is 0 Å². The first-order valence-corrected chi connectivity index (χ1v) is 5.02. The molecule has 1 atom stereocenters. The van der Waals surface area contributed by atoms with Crippen molar-refractivity contribution < 1.29 is 0 Å². The normalized spacial score (nSPS) is 23.8.